The van der Waals surface area contributed by atoms with Crippen molar-refractivity contribution >= 4 is 11.5 Å². The molecule has 1 aromatic carbocycles. The van der Waals surface area contributed by atoms with E-state index in [0.29, 0.717) is 36.2 Å². The smallest absolute Gasteiger partial charge is 0.233 e. The Balaban J connectivity index is 1.73. The Labute approximate surface area is 176 Å². The number of ether oxygens (including phenoxy) is 2. The topological polar surface area (TPSA) is 125 Å². The van der Waals surface area contributed by atoms with E-state index in [1.807, 2.05) is 27.7 Å². The van der Waals surface area contributed by atoms with Crippen LogP contribution in [-0.2, 0) is 0 Å². The second-order valence-corrected chi connectivity index (χ2v) is 7.59. The standard InChI is InChI=1S/C21H28N6O3/c1-15(2)24-25-19-8-9-20(27-26-19)30-14-21(3,4)23-12-17(28)13-29-18-7-5-6-16(10-18)11-22/h5-10,17,23,28H,12-14H2,1-4H3,(H,25,26). The molecular formula is C21H28N6O3. The van der Waals surface area contributed by atoms with Crippen molar-refractivity contribution in [2.75, 3.05) is 25.2 Å². The molecule has 0 saturated heterocycles. The number of aliphatic hydroxyl groups is 1. The van der Waals surface area contributed by atoms with Crippen molar-refractivity contribution in [2.45, 2.75) is 39.3 Å². The lowest BCUT2D eigenvalue weighted by Gasteiger charge is -2.27. The number of β-amino-alcohol motifs (C(OH)–C–C–N with tert-alkyl or cyclic N) is 1. The van der Waals surface area contributed by atoms with E-state index in [1.54, 1.807) is 36.4 Å². The summed E-state index contributed by atoms with van der Waals surface area (Å²) in [4.78, 5) is 0. The molecule has 30 heavy (non-hydrogen) atoms. The molecule has 0 aliphatic carbocycles. The fraction of sp³-hybridized carbons (Fsp3) is 0.429. The number of benzene rings is 1. The highest BCUT2D eigenvalue weighted by atomic mass is 16.5. The largest absolute Gasteiger partial charge is 0.491 e. The van der Waals surface area contributed by atoms with Gasteiger partial charge in [0.05, 0.1) is 11.6 Å². The predicted octanol–water partition coefficient (Wildman–Crippen LogP) is 2.34. The molecule has 0 saturated carbocycles. The lowest BCUT2D eigenvalue weighted by Crippen LogP contribution is -2.48. The average Bonchev–Trinajstić information content (AvgIpc) is 2.74. The molecule has 0 bridgehead atoms. The van der Waals surface area contributed by atoms with Crippen molar-refractivity contribution in [1.82, 2.24) is 15.5 Å². The lowest BCUT2D eigenvalue weighted by molar-refractivity contribution is 0.0923. The summed E-state index contributed by atoms with van der Waals surface area (Å²) in [5, 5.41) is 34.4. The molecule has 0 amide bonds. The van der Waals surface area contributed by atoms with E-state index in [-0.39, 0.29) is 6.61 Å². The average molecular weight is 412 g/mol. The number of aliphatic hydroxyl groups excluding tert-OH is 1. The minimum atomic E-state index is -0.720. The van der Waals surface area contributed by atoms with E-state index < -0.39 is 11.6 Å². The molecule has 9 nitrogen and oxygen atoms in total. The third-order valence-electron chi connectivity index (χ3n) is 3.84. The number of nitrogens with zero attached hydrogens (tertiary/aromatic N) is 4. The second-order valence-electron chi connectivity index (χ2n) is 7.59. The summed E-state index contributed by atoms with van der Waals surface area (Å²) in [6.45, 7) is 8.43. The van der Waals surface area contributed by atoms with Gasteiger partial charge in [0.1, 0.15) is 25.1 Å². The second kappa shape index (κ2) is 11.1. The summed E-state index contributed by atoms with van der Waals surface area (Å²) in [6.07, 6.45) is -0.720. The fourth-order valence-electron chi connectivity index (χ4n) is 2.23. The first-order valence-electron chi connectivity index (χ1n) is 9.57. The van der Waals surface area contributed by atoms with Crippen molar-refractivity contribution in [3.63, 3.8) is 0 Å². The van der Waals surface area contributed by atoms with Crippen molar-refractivity contribution in [1.29, 1.82) is 5.26 Å². The zero-order valence-electron chi connectivity index (χ0n) is 17.7. The van der Waals surface area contributed by atoms with Crippen LogP contribution in [0.15, 0.2) is 41.5 Å². The van der Waals surface area contributed by atoms with Crippen LogP contribution in [0.2, 0.25) is 0 Å². The van der Waals surface area contributed by atoms with Crippen molar-refractivity contribution in [2.24, 2.45) is 5.10 Å². The van der Waals surface area contributed by atoms with E-state index in [1.165, 1.54) is 0 Å². The van der Waals surface area contributed by atoms with Crippen LogP contribution in [0, 0.1) is 11.3 Å². The highest BCUT2D eigenvalue weighted by molar-refractivity contribution is 5.79. The Morgan fingerprint density at radius 3 is 2.70 bits per heavy atom. The van der Waals surface area contributed by atoms with Crippen molar-refractivity contribution < 1.29 is 14.6 Å². The van der Waals surface area contributed by atoms with Gasteiger partial charge < -0.3 is 19.9 Å². The summed E-state index contributed by atoms with van der Waals surface area (Å²) in [7, 11) is 0. The molecule has 0 fully saturated rings. The van der Waals surface area contributed by atoms with Gasteiger partial charge in [0, 0.05) is 23.9 Å². The molecule has 9 heteroatoms. The maximum absolute atomic E-state index is 10.2. The number of nitrogens with one attached hydrogen (secondary N) is 2. The molecule has 160 valence electrons. The molecule has 2 rings (SSSR count). The van der Waals surface area contributed by atoms with Gasteiger partial charge in [-0.15, -0.1) is 10.2 Å². The molecule has 0 spiro atoms. The van der Waals surface area contributed by atoms with E-state index in [4.69, 9.17) is 14.7 Å². The number of anilines is 1. The van der Waals surface area contributed by atoms with Crippen LogP contribution < -0.4 is 20.2 Å². The number of hydrogen-bond acceptors (Lipinski definition) is 9. The van der Waals surface area contributed by atoms with Crippen LogP contribution in [0.25, 0.3) is 0 Å². The Kier molecular flexibility index (Phi) is 8.53. The molecule has 3 N–H and O–H groups in total. The maximum atomic E-state index is 10.2. The highest BCUT2D eigenvalue weighted by Crippen LogP contribution is 2.13. The fourth-order valence-corrected chi connectivity index (χ4v) is 2.23. The first-order chi connectivity index (χ1) is 14.3. The summed E-state index contributed by atoms with van der Waals surface area (Å²) in [6, 6.07) is 12.3. The number of aromatic nitrogens is 2. The van der Waals surface area contributed by atoms with E-state index in [9.17, 15) is 5.11 Å². The lowest BCUT2D eigenvalue weighted by atomic mass is 10.1. The van der Waals surface area contributed by atoms with Gasteiger partial charge in [-0.05, 0) is 52.0 Å². The van der Waals surface area contributed by atoms with Crippen LogP contribution in [0.1, 0.15) is 33.3 Å². The van der Waals surface area contributed by atoms with Gasteiger partial charge in [0.2, 0.25) is 5.88 Å². The van der Waals surface area contributed by atoms with Crippen LogP contribution in [0.3, 0.4) is 0 Å². The molecule has 0 radical (unpaired) electrons. The zero-order chi connectivity index (χ0) is 22.0. The molecular weight excluding hydrogens is 384 g/mol. The minimum Gasteiger partial charge on any atom is -0.491 e. The van der Waals surface area contributed by atoms with Crippen LogP contribution >= 0.6 is 0 Å². The number of nitriles is 1. The highest BCUT2D eigenvalue weighted by Gasteiger charge is 2.20. The Bertz CT molecular complexity index is 873. The van der Waals surface area contributed by atoms with Gasteiger partial charge in [-0.3, -0.25) is 5.43 Å². The molecule has 1 heterocycles. The monoisotopic (exact) mass is 412 g/mol. The summed E-state index contributed by atoms with van der Waals surface area (Å²) < 4.78 is 11.2. The summed E-state index contributed by atoms with van der Waals surface area (Å²) in [5.41, 5.74) is 3.78. The number of hydrogen-bond donors (Lipinski definition) is 3. The Morgan fingerprint density at radius 2 is 2.03 bits per heavy atom. The van der Waals surface area contributed by atoms with E-state index >= 15 is 0 Å². The predicted molar refractivity (Wildman–Crippen MR) is 115 cm³/mol. The molecule has 0 aliphatic heterocycles. The van der Waals surface area contributed by atoms with Gasteiger partial charge in [0.15, 0.2) is 5.82 Å². The van der Waals surface area contributed by atoms with Crippen LogP contribution in [0.5, 0.6) is 11.6 Å². The van der Waals surface area contributed by atoms with Crippen LogP contribution in [-0.4, -0.2) is 52.4 Å². The summed E-state index contributed by atoms with van der Waals surface area (Å²) >= 11 is 0. The van der Waals surface area contributed by atoms with Gasteiger partial charge in [0.25, 0.3) is 0 Å². The van der Waals surface area contributed by atoms with E-state index in [0.717, 1.165) is 5.71 Å². The quantitative estimate of drug-likeness (QED) is 0.379. The molecule has 1 atom stereocenters. The first kappa shape index (κ1) is 23.1. The summed E-state index contributed by atoms with van der Waals surface area (Å²) in [5.74, 6) is 1.48. The number of hydrazone groups is 1. The molecule has 2 aromatic rings. The SMILES string of the molecule is CC(C)=NNc1ccc(OCC(C)(C)NCC(O)COc2cccc(C#N)c2)nn1. The van der Waals surface area contributed by atoms with Crippen molar-refractivity contribution in [3.05, 3.63) is 42.0 Å². The molecule has 1 unspecified atom stereocenters. The van der Waals surface area contributed by atoms with Gasteiger partial charge in [-0.25, -0.2) is 0 Å². The molecule has 0 aliphatic rings. The first-order valence-corrected chi connectivity index (χ1v) is 9.57. The molecule has 1 aromatic heterocycles. The van der Waals surface area contributed by atoms with E-state index in [2.05, 4.69) is 32.1 Å². The van der Waals surface area contributed by atoms with Crippen LogP contribution in [0.4, 0.5) is 5.82 Å². The number of rotatable bonds is 11. The Hall–Kier alpha value is -3.22. The van der Waals surface area contributed by atoms with Gasteiger partial charge in [-0.2, -0.15) is 10.4 Å². The third-order valence-corrected chi connectivity index (χ3v) is 3.84. The van der Waals surface area contributed by atoms with Crippen molar-refractivity contribution in [3.8, 4) is 17.7 Å². The van der Waals surface area contributed by atoms with Gasteiger partial charge >= 0.3 is 0 Å². The maximum Gasteiger partial charge on any atom is 0.233 e. The minimum absolute atomic E-state index is 0.110. The third kappa shape index (κ3) is 8.43. The zero-order valence-corrected chi connectivity index (χ0v) is 17.7. The van der Waals surface area contributed by atoms with Gasteiger partial charge in [-0.1, -0.05) is 6.07 Å². The normalized spacial score (nSPS) is 11.9. The Morgan fingerprint density at radius 1 is 1.23 bits per heavy atom.